The normalized spacial score (nSPS) is 27.6. The number of nitrogens with zero attached hydrogens (tertiary/aromatic N) is 2. The standard InChI is InChI=1S/C23H37ClN2O2/c1-18-12-22(14-23(2,3)13-18)28-17-21(27)16-26-10-8-25(9-11-26)15-19-4-6-20(24)7-5-19/h4-7,18,21-22,27H,8-17H2,1-3H3/t18-,21-,22+/m1/s1. The number of aliphatic hydroxyl groups excluding tert-OH is 1. The van der Waals surface area contributed by atoms with E-state index in [0.29, 0.717) is 30.6 Å². The predicted molar refractivity (Wildman–Crippen MR) is 116 cm³/mol. The predicted octanol–water partition coefficient (Wildman–Crippen LogP) is 4.05. The van der Waals surface area contributed by atoms with Crippen molar-refractivity contribution >= 4 is 11.6 Å². The zero-order chi connectivity index (χ0) is 20.1. The van der Waals surface area contributed by atoms with Crippen LogP contribution in [-0.2, 0) is 11.3 Å². The van der Waals surface area contributed by atoms with Gasteiger partial charge in [0.1, 0.15) is 0 Å². The molecule has 0 bridgehead atoms. The second kappa shape index (κ2) is 9.90. The Bertz CT molecular complexity index is 599. The molecule has 28 heavy (non-hydrogen) atoms. The van der Waals surface area contributed by atoms with Crippen LogP contribution in [0.25, 0.3) is 0 Å². The second-order valence-electron chi connectivity index (χ2n) is 9.73. The number of halogens is 1. The Balaban J connectivity index is 1.34. The van der Waals surface area contributed by atoms with Crippen LogP contribution < -0.4 is 0 Å². The first kappa shape index (κ1) is 22.0. The molecule has 1 aromatic rings. The number of aliphatic hydroxyl groups is 1. The molecule has 1 heterocycles. The summed E-state index contributed by atoms with van der Waals surface area (Å²) in [7, 11) is 0. The molecule has 0 spiro atoms. The van der Waals surface area contributed by atoms with Gasteiger partial charge < -0.3 is 9.84 Å². The van der Waals surface area contributed by atoms with E-state index in [0.717, 1.165) is 50.6 Å². The van der Waals surface area contributed by atoms with Gasteiger partial charge in [-0.3, -0.25) is 9.80 Å². The molecule has 1 aliphatic heterocycles. The first-order valence-electron chi connectivity index (χ1n) is 10.8. The molecule has 2 fully saturated rings. The second-order valence-corrected chi connectivity index (χ2v) is 10.2. The van der Waals surface area contributed by atoms with E-state index in [9.17, 15) is 5.11 Å². The van der Waals surface area contributed by atoms with E-state index in [1.165, 1.54) is 12.0 Å². The molecule has 4 nitrogen and oxygen atoms in total. The van der Waals surface area contributed by atoms with Crippen molar-refractivity contribution in [2.75, 3.05) is 39.3 Å². The van der Waals surface area contributed by atoms with Crippen LogP contribution in [0.15, 0.2) is 24.3 Å². The van der Waals surface area contributed by atoms with Gasteiger partial charge in [0.25, 0.3) is 0 Å². The highest BCUT2D eigenvalue weighted by Crippen LogP contribution is 2.39. The molecule has 1 N–H and O–H groups in total. The molecule has 158 valence electrons. The number of piperazine rings is 1. The lowest BCUT2D eigenvalue weighted by molar-refractivity contribution is -0.0634. The first-order valence-corrected chi connectivity index (χ1v) is 11.2. The van der Waals surface area contributed by atoms with Crippen molar-refractivity contribution in [3.8, 4) is 0 Å². The van der Waals surface area contributed by atoms with Gasteiger partial charge in [-0.05, 0) is 48.3 Å². The van der Waals surface area contributed by atoms with Gasteiger partial charge in [-0.25, -0.2) is 0 Å². The van der Waals surface area contributed by atoms with E-state index in [1.54, 1.807) is 0 Å². The molecular formula is C23H37ClN2O2. The lowest BCUT2D eigenvalue weighted by Gasteiger charge is -2.39. The van der Waals surface area contributed by atoms with Gasteiger partial charge in [-0.2, -0.15) is 0 Å². The summed E-state index contributed by atoms with van der Waals surface area (Å²) in [6, 6.07) is 8.11. The van der Waals surface area contributed by atoms with Crippen molar-refractivity contribution in [2.45, 2.75) is 58.8 Å². The number of hydrogen-bond donors (Lipinski definition) is 1. The minimum absolute atomic E-state index is 0.296. The Morgan fingerprint density at radius 2 is 1.75 bits per heavy atom. The third-order valence-corrected chi connectivity index (χ3v) is 6.38. The molecule has 1 saturated heterocycles. The van der Waals surface area contributed by atoms with Gasteiger partial charge in [0.15, 0.2) is 0 Å². The Morgan fingerprint density at radius 3 is 2.39 bits per heavy atom. The Morgan fingerprint density at radius 1 is 1.11 bits per heavy atom. The van der Waals surface area contributed by atoms with Crippen LogP contribution in [0.3, 0.4) is 0 Å². The van der Waals surface area contributed by atoms with Crippen LogP contribution in [-0.4, -0.2) is 66.4 Å². The van der Waals surface area contributed by atoms with E-state index in [-0.39, 0.29) is 0 Å². The maximum absolute atomic E-state index is 10.5. The third-order valence-electron chi connectivity index (χ3n) is 6.12. The third kappa shape index (κ3) is 7.00. The fourth-order valence-electron chi connectivity index (χ4n) is 4.96. The summed E-state index contributed by atoms with van der Waals surface area (Å²) in [6.45, 7) is 13.2. The van der Waals surface area contributed by atoms with Crippen molar-refractivity contribution in [2.24, 2.45) is 11.3 Å². The molecule has 5 heteroatoms. The van der Waals surface area contributed by atoms with Crippen molar-refractivity contribution < 1.29 is 9.84 Å². The van der Waals surface area contributed by atoms with E-state index >= 15 is 0 Å². The maximum atomic E-state index is 10.5. The topological polar surface area (TPSA) is 35.9 Å². The molecule has 0 unspecified atom stereocenters. The molecular weight excluding hydrogens is 372 g/mol. The van der Waals surface area contributed by atoms with Gasteiger partial charge in [0.2, 0.25) is 0 Å². The molecule has 1 aromatic carbocycles. The van der Waals surface area contributed by atoms with E-state index in [2.05, 4.69) is 42.7 Å². The van der Waals surface area contributed by atoms with Gasteiger partial charge in [0, 0.05) is 44.3 Å². The summed E-state index contributed by atoms with van der Waals surface area (Å²) in [5.74, 6) is 0.708. The summed E-state index contributed by atoms with van der Waals surface area (Å²) in [4.78, 5) is 4.83. The minimum atomic E-state index is -0.400. The van der Waals surface area contributed by atoms with Gasteiger partial charge in [0.05, 0.1) is 18.8 Å². The lowest BCUT2D eigenvalue weighted by Crippen LogP contribution is -2.48. The van der Waals surface area contributed by atoms with Crippen LogP contribution in [0.4, 0.5) is 0 Å². The zero-order valence-corrected chi connectivity index (χ0v) is 18.5. The number of rotatable bonds is 7. The molecule has 0 radical (unpaired) electrons. The largest absolute Gasteiger partial charge is 0.389 e. The number of benzene rings is 1. The Labute approximate surface area is 175 Å². The lowest BCUT2D eigenvalue weighted by atomic mass is 9.71. The van der Waals surface area contributed by atoms with E-state index in [4.69, 9.17) is 16.3 Å². The fraction of sp³-hybridized carbons (Fsp3) is 0.739. The summed E-state index contributed by atoms with van der Waals surface area (Å²) in [5, 5.41) is 11.3. The highest BCUT2D eigenvalue weighted by Gasteiger charge is 2.32. The van der Waals surface area contributed by atoms with Crippen LogP contribution in [0.2, 0.25) is 5.02 Å². The van der Waals surface area contributed by atoms with E-state index in [1.807, 2.05) is 12.1 Å². The van der Waals surface area contributed by atoms with Crippen LogP contribution in [0, 0.1) is 11.3 Å². The molecule has 0 aromatic heterocycles. The average Bonchev–Trinajstić information content (AvgIpc) is 2.62. The molecule has 1 saturated carbocycles. The number of ether oxygens (including phenoxy) is 1. The maximum Gasteiger partial charge on any atom is 0.0900 e. The SMILES string of the molecule is C[C@@H]1C[C@H](OC[C@H](O)CN2CCN(Cc3ccc(Cl)cc3)CC2)CC(C)(C)C1. The number of β-amino-alcohol motifs (C(OH)–C–C–N with tert-alkyl or cyclic N) is 1. The highest BCUT2D eigenvalue weighted by atomic mass is 35.5. The van der Waals surface area contributed by atoms with Crippen LogP contribution in [0.1, 0.15) is 45.6 Å². The number of hydrogen-bond acceptors (Lipinski definition) is 4. The highest BCUT2D eigenvalue weighted by molar-refractivity contribution is 6.30. The average molecular weight is 409 g/mol. The van der Waals surface area contributed by atoms with Gasteiger partial charge in [-0.1, -0.05) is 44.5 Å². The van der Waals surface area contributed by atoms with Crippen molar-refractivity contribution in [3.63, 3.8) is 0 Å². The Kier molecular flexibility index (Phi) is 7.80. The minimum Gasteiger partial charge on any atom is -0.389 e. The van der Waals surface area contributed by atoms with E-state index < -0.39 is 6.10 Å². The van der Waals surface area contributed by atoms with Crippen molar-refractivity contribution in [1.82, 2.24) is 9.80 Å². The summed E-state index contributed by atoms with van der Waals surface area (Å²) in [5.41, 5.74) is 1.66. The molecule has 1 aliphatic carbocycles. The summed E-state index contributed by atoms with van der Waals surface area (Å²) in [6.07, 6.45) is 3.40. The van der Waals surface area contributed by atoms with Crippen LogP contribution in [0.5, 0.6) is 0 Å². The molecule has 3 rings (SSSR count). The fourth-order valence-corrected chi connectivity index (χ4v) is 5.09. The summed E-state index contributed by atoms with van der Waals surface area (Å²) < 4.78 is 6.10. The van der Waals surface area contributed by atoms with Gasteiger partial charge in [-0.15, -0.1) is 0 Å². The quantitative estimate of drug-likeness (QED) is 0.738. The van der Waals surface area contributed by atoms with Gasteiger partial charge >= 0.3 is 0 Å². The monoisotopic (exact) mass is 408 g/mol. The molecule has 2 aliphatic rings. The van der Waals surface area contributed by atoms with Crippen LogP contribution >= 0.6 is 11.6 Å². The molecule has 3 atom stereocenters. The smallest absolute Gasteiger partial charge is 0.0900 e. The van der Waals surface area contributed by atoms with Crippen molar-refractivity contribution in [1.29, 1.82) is 0 Å². The first-order chi connectivity index (χ1) is 13.3. The zero-order valence-electron chi connectivity index (χ0n) is 17.7. The summed E-state index contributed by atoms with van der Waals surface area (Å²) >= 11 is 5.96. The molecule has 0 amide bonds. The Hall–Kier alpha value is -0.650. The van der Waals surface area contributed by atoms with Crippen molar-refractivity contribution in [3.05, 3.63) is 34.9 Å².